The van der Waals surface area contributed by atoms with Crippen molar-refractivity contribution in [3.63, 3.8) is 0 Å². The highest BCUT2D eigenvalue weighted by molar-refractivity contribution is 7.91. The number of halogens is 3. The number of nitrogens with two attached hydrogens (primary N) is 1. The van der Waals surface area contributed by atoms with Gasteiger partial charge in [-0.2, -0.15) is 13.2 Å². The zero-order chi connectivity index (χ0) is 15.4. The topological polar surface area (TPSA) is 69.4 Å². The molecule has 0 atom stereocenters. The van der Waals surface area contributed by atoms with E-state index in [0.29, 0.717) is 11.3 Å². The molecule has 0 aliphatic rings. The molecule has 0 spiro atoms. The van der Waals surface area contributed by atoms with Crippen molar-refractivity contribution in [2.45, 2.75) is 24.4 Å². The number of anilines is 1. The van der Waals surface area contributed by atoms with Crippen molar-refractivity contribution in [1.29, 1.82) is 0 Å². The molecule has 0 amide bonds. The summed E-state index contributed by atoms with van der Waals surface area (Å²) in [6.07, 6.45) is -4.41. The van der Waals surface area contributed by atoms with Gasteiger partial charge in [-0.3, -0.25) is 0 Å². The number of alkyl halides is 3. The predicted molar refractivity (Wildman–Crippen MR) is 69.1 cm³/mol. The van der Waals surface area contributed by atoms with Gasteiger partial charge in [0.15, 0.2) is 9.84 Å². The van der Waals surface area contributed by atoms with E-state index >= 15 is 0 Å². The van der Waals surface area contributed by atoms with Gasteiger partial charge in [-0.05, 0) is 31.0 Å². The Hall–Kier alpha value is -1.28. The molecular formula is C12H16F3NO3S. The fraction of sp³-hybridized carbons (Fsp3) is 0.500. The third-order valence-electron chi connectivity index (χ3n) is 2.63. The van der Waals surface area contributed by atoms with Gasteiger partial charge in [0.05, 0.1) is 10.6 Å². The number of sulfone groups is 1. The summed E-state index contributed by atoms with van der Waals surface area (Å²) >= 11 is 0. The van der Waals surface area contributed by atoms with Gasteiger partial charge in [-0.1, -0.05) is 6.07 Å². The number of benzene rings is 1. The van der Waals surface area contributed by atoms with Crippen molar-refractivity contribution < 1.29 is 26.3 Å². The van der Waals surface area contributed by atoms with E-state index in [1.807, 2.05) is 0 Å². The van der Waals surface area contributed by atoms with E-state index in [4.69, 9.17) is 5.73 Å². The summed E-state index contributed by atoms with van der Waals surface area (Å²) in [7, 11) is -3.57. The zero-order valence-corrected chi connectivity index (χ0v) is 11.7. The van der Waals surface area contributed by atoms with Crippen LogP contribution in [-0.4, -0.2) is 33.6 Å². The number of hydrogen-bond acceptors (Lipinski definition) is 4. The first-order valence-corrected chi connectivity index (χ1v) is 7.51. The van der Waals surface area contributed by atoms with Crippen molar-refractivity contribution in [2.75, 3.05) is 24.7 Å². The fourth-order valence-corrected chi connectivity index (χ4v) is 3.21. The molecular weight excluding hydrogens is 295 g/mol. The number of nitrogen functional groups attached to an aromatic ring is 1. The Labute approximate surface area is 115 Å². The lowest BCUT2D eigenvalue weighted by Gasteiger charge is -2.10. The van der Waals surface area contributed by atoms with Crippen LogP contribution in [-0.2, 0) is 14.6 Å². The second kappa shape index (κ2) is 6.45. The largest absolute Gasteiger partial charge is 0.411 e. The zero-order valence-electron chi connectivity index (χ0n) is 10.9. The van der Waals surface area contributed by atoms with E-state index in [0.717, 1.165) is 0 Å². The Morgan fingerprint density at radius 2 is 1.95 bits per heavy atom. The standard InChI is InChI=1S/C12H16F3NO3S/c1-9-10(16)4-2-5-11(9)20(17,18)7-3-6-19-8-12(13,14)15/h2,4-5H,3,6-8,16H2,1H3. The summed E-state index contributed by atoms with van der Waals surface area (Å²) < 4.78 is 63.9. The average molecular weight is 311 g/mol. The maximum absolute atomic E-state index is 12.0. The van der Waals surface area contributed by atoms with Crippen LogP contribution < -0.4 is 5.73 Å². The second-order valence-electron chi connectivity index (χ2n) is 4.31. The maximum Gasteiger partial charge on any atom is 0.411 e. The highest BCUT2D eigenvalue weighted by Crippen LogP contribution is 2.22. The molecule has 1 aromatic rings. The van der Waals surface area contributed by atoms with Crippen molar-refractivity contribution in [3.05, 3.63) is 23.8 Å². The quantitative estimate of drug-likeness (QED) is 0.646. The van der Waals surface area contributed by atoms with Crippen LogP contribution in [0.3, 0.4) is 0 Å². The Bertz CT molecular complexity index is 556. The van der Waals surface area contributed by atoms with Crippen molar-refractivity contribution in [1.82, 2.24) is 0 Å². The Morgan fingerprint density at radius 3 is 2.55 bits per heavy atom. The average Bonchev–Trinajstić information content (AvgIpc) is 2.30. The summed E-state index contributed by atoms with van der Waals surface area (Å²) in [5.41, 5.74) is 6.44. The molecule has 0 bridgehead atoms. The van der Waals surface area contributed by atoms with Crippen LogP contribution in [0, 0.1) is 6.92 Å². The lowest BCUT2D eigenvalue weighted by atomic mass is 10.2. The van der Waals surface area contributed by atoms with E-state index in [2.05, 4.69) is 4.74 Å². The second-order valence-corrected chi connectivity index (χ2v) is 6.39. The number of rotatable bonds is 6. The van der Waals surface area contributed by atoms with Crippen molar-refractivity contribution in [3.8, 4) is 0 Å². The molecule has 20 heavy (non-hydrogen) atoms. The van der Waals surface area contributed by atoms with Crippen LogP contribution >= 0.6 is 0 Å². The molecule has 0 saturated carbocycles. The molecule has 1 rings (SSSR count). The smallest absolute Gasteiger partial charge is 0.398 e. The summed E-state index contributed by atoms with van der Waals surface area (Å²) in [6, 6.07) is 4.54. The molecule has 0 radical (unpaired) electrons. The molecule has 4 nitrogen and oxygen atoms in total. The molecule has 114 valence electrons. The monoisotopic (exact) mass is 311 g/mol. The van der Waals surface area contributed by atoms with Crippen LogP contribution in [0.25, 0.3) is 0 Å². The van der Waals surface area contributed by atoms with Gasteiger partial charge < -0.3 is 10.5 Å². The predicted octanol–water partition coefficient (Wildman–Crippen LogP) is 2.32. The van der Waals surface area contributed by atoms with Crippen molar-refractivity contribution in [2.24, 2.45) is 0 Å². The minimum atomic E-state index is -4.40. The Kier molecular flexibility index (Phi) is 5.41. The third-order valence-corrected chi connectivity index (χ3v) is 4.57. The number of hydrogen-bond donors (Lipinski definition) is 1. The highest BCUT2D eigenvalue weighted by atomic mass is 32.2. The van der Waals surface area contributed by atoms with Gasteiger partial charge in [0.1, 0.15) is 6.61 Å². The van der Waals surface area contributed by atoms with Gasteiger partial charge in [-0.15, -0.1) is 0 Å². The first-order chi connectivity index (χ1) is 9.13. The van der Waals surface area contributed by atoms with Crippen LogP contribution in [0.5, 0.6) is 0 Å². The highest BCUT2D eigenvalue weighted by Gasteiger charge is 2.27. The summed E-state index contributed by atoms with van der Waals surface area (Å²) in [5.74, 6) is -0.283. The lowest BCUT2D eigenvalue weighted by Crippen LogP contribution is -2.18. The van der Waals surface area contributed by atoms with E-state index in [9.17, 15) is 21.6 Å². The summed E-state index contributed by atoms with van der Waals surface area (Å²) in [6.45, 7) is -0.0488. The van der Waals surface area contributed by atoms with Gasteiger partial charge >= 0.3 is 6.18 Å². The molecule has 2 N–H and O–H groups in total. The molecule has 0 fully saturated rings. The molecule has 0 heterocycles. The molecule has 0 unspecified atom stereocenters. The first kappa shape index (κ1) is 16.8. The molecule has 0 aromatic heterocycles. The fourth-order valence-electron chi connectivity index (χ4n) is 1.62. The van der Waals surface area contributed by atoms with Crippen molar-refractivity contribution >= 4 is 15.5 Å². The van der Waals surface area contributed by atoms with Crippen LogP contribution in [0.2, 0.25) is 0 Å². The Balaban J connectivity index is 2.57. The first-order valence-electron chi connectivity index (χ1n) is 5.86. The molecule has 1 aromatic carbocycles. The summed E-state index contributed by atoms with van der Waals surface area (Å²) in [5, 5.41) is 0. The maximum atomic E-state index is 12.0. The van der Waals surface area contributed by atoms with Gasteiger partial charge in [-0.25, -0.2) is 8.42 Å². The molecule has 0 aliphatic carbocycles. The van der Waals surface area contributed by atoms with Crippen LogP contribution in [0.15, 0.2) is 23.1 Å². The summed E-state index contributed by atoms with van der Waals surface area (Å²) in [4.78, 5) is 0.105. The van der Waals surface area contributed by atoms with Gasteiger partial charge in [0, 0.05) is 12.3 Å². The van der Waals surface area contributed by atoms with Gasteiger partial charge in [0.2, 0.25) is 0 Å². The molecule has 8 heteroatoms. The van der Waals surface area contributed by atoms with Crippen LogP contribution in [0.4, 0.5) is 18.9 Å². The minimum absolute atomic E-state index is 0.00729. The van der Waals surface area contributed by atoms with E-state index in [1.54, 1.807) is 13.0 Å². The minimum Gasteiger partial charge on any atom is -0.398 e. The van der Waals surface area contributed by atoms with Crippen LogP contribution in [0.1, 0.15) is 12.0 Å². The van der Waals surface area contributed by atoms with Gasteiger partial charge in [0.25, 0.3) is 0 Å². The number of ether oxygens (including phenoxy) is 1. The SMILES string of the molecule is Cc1c(N)cccc1S(=O)(=O)CCCOCC(F)(F)F. The molecule has 0 aliphatic heterocycles. The van der Waals surface area contributed by atoms with E-state index in [-0.39, 0.29) is 23.7 Å². The third kappa shape index (κ3) is 5.01. The van der Waals surface area contributed by atoms with E-state index < -0.39 is 22.6 Å². The lowest BCUT2D eigenvalue weighted by molar-refractivity contribution is -0.173. The Morgan fingerprint density at radius 1 is 1.30 bits per heavy atom. The normalized spacial score (nSPS) is 12.6. The molecule has 0 saturated heterocycles. The van der Waals surface area contributed by atoms with E-state index in [1.165, 1.54) is 12.1 Å².